The normalized spacial score (nSPS) is 16.0. The van der Waals surface area contributed by atoms with Crippen molar-refractivity contribution in [2.24, 2.45) is 0 Å². The summed E-state index contributed by atoms with van der Waals surface area (Å²) in [4.78, 5) is 35.5. The van der Waals surface area contributed by atoms with Gasteiger partial charge in [0.2, 0.25) is 0 Å². The van der Waals surface area contributed by atoms with Gasteiger partial charge in [0.25, 0.3) is 11.8 Å². The molecule has 1 heterocycles. The van der Waals surface area contributed by atoms with Crippen LogP contribution in [0.4, 0.5) is 5.69 Å². The molecule has 0 unspecified atom stereocenters. The fraction of sp³-hybridized carbons (Fsp3) is 0.526. The third-order valence-electron chi connectivity index (χ3n) is 3.99. The monoisotopic (exact) mass is 410 g/mol. The molecule has 2 amide bonds. The van der Waals surface area contributed by atoms with Gasteiger partial charge >= 0.3 is 5.97 Å². The number of hydrogen-bond donors (Lipinski definition) is 2. The Labute approximate surface area is 168 Å². The Morgan fingerprint density at radius 2 is 2.11 bits per heavy atom. The smallest absolute Gasteiger partial charge is 0.306 e. The van der Waals surface area contributed by atoms with E-state index in [1.165, 1.54) is 12.2 Å². The molecule has 27 heavy (non-hydrogen) atoms. The van der Waals surface area contributed by atoms with Crippen molar-refractivity contribution >= 4 is 45.1 Å². The van der Waals surface area contributed by atoms with Crippen LogP contribution in [0.1, 0.15) is 49.4 Å². The van der Waals surface area contributed by atoms with Crippen LogP contribution in [0, 0.1) is 0 Å². The summed E-state index contributed by atoms with van der Waals surface area (Å²) in [5.74, 6) is 0.249. The second kappa shape index (κ2) is 11.9. The van der Waals surface area contributed by atoms with Crippen LogP contribution in [0.15, 0.2) is 24.3 Å². The molecular weight excluding hydrogens is 384 g/mol. The summed E-state index contributed by atoms with van der Waals surface area (Å²) in [6.07, 6.45) is 4.52. The molecular formula is C19H26N2O4S2. The first-order valence-electron chi connectivity index (χ1n) is 9.20. The van der Waals surface area contributed by atoms with Gasteiger partial charge in [-0.15, -0.1) is 0 Å². The Balaban J connectivity index is 1.64. The number of esters is 1. The maximum absolute atomic E-state index is 11.9. The molecule has 0 bridgehead atoms. The van der Waals surface area contributed by atoms with E-state index in [9.17, 15) is 14.4 Å². The van der Waals surface area contributed by atoms with Crippen LogP contribution in [-0.4, -0.2) is 41.9 Å². The average Bonchev–Trinajstić information content (AvgIpc) is 3.17. The van der Waals surface area contributed by atoms with Crippen LogP contribution in [0.2, 0.25) is 0 Å². The van der Waals surface area contributed by atoms with Crippen LogP contribution < -0.4 is 10.6 Å². The molecule has 0 saturated carbocycles. The van der Waals surface area contributed by atoms with Crippen molar-refractivity contribution in [1.82, 2.24) is 5.32 Å². The first-order valence-corrected chi connectivity index (χ1v) is 11.6. The molecule has 1 aromatic carbocycles. The molecule has 2 N–H and O–H groups in total. The minimum Gasteiger partial charge on any atom is -0.456 e. The lowest BCUT2D eigenvalue weighted by Crippen LogP contribution is -2.23. The number of carbonyl (C=O) groups is 3. The summed E-state index contributed by atoms with van der Waals surface area (Å²) < 4.78 is 5.02. The van der Waals surface area contributed by atoms with Gasteiger partial charge in [-0.3, -0.25) is 14.4 Å². The Morgan fingerprint density at radius 1 is 1.26 bits per heavy atom. The van der Waals surface area contributed by atoms with Crippen molar-refractivity contribution < 1.29 is 19.1 Å². The van der Waals surface area contributed by atoms with Crippen molar-refractivity contribution in [3.63, 3.8) is 0 Å². The average molecular weight is 411 g/mol. The number of unbranched alkanes of at least 4 members (excludes halogenated alkanes) is 1. The third kappa shape index (κ3) is 8.26. The van der Waals surface area contributed by atoms with Crippen LogP contribution in [0.5, 0.6) is 0 Å². The lowest BCUT2D eigenvalue weighted by molar-refractivity contribution is -0.147. The molecule has 1 aromatic rings. The number of nitrogens with one attached hydrogen (secondary N) is 2. The summed E-state index contributed by atoms with van der Waals surface area (Å²) in [5.41, 5.74) is 0.956. The van der Waals surface area contributed by atoms with Crippen molar-refractivity contribution in [1.29, 1.82) is 0 Å². The Hall–Kier alpha value is -1.67. The number of carbonyl (C=O) groups excluding carboxylic acids is 3. The zero-order valence-corrected chi connectivity index (χ0v) is 17.1. The molecule has 1 aliphatic rings. The molecule has 1 saturated heterocycles. The molecule has 0 aliphatic carbocycles. The van der Waals surface area contributed by atoms with E-state index in [2.05, 4.69) is 10.6 Å². The largest absolute Gasteiger partial charge is 0.456 e. The van der Waals surface area contributed by atoms with Gasteiger partial charge in [0, 0.05) is 35.2 Å². The highest BCUT2D eigenvalue weighted by molar-refractivity contribution is 8.77. The zero-order valence-electron chi connectivity index (χ0n) is 15.5. The minimum atomic E-state index is -0.421. The van der Waals surface area contributed by atoms with Crippen LogP contribution in [0.25, 0.3) is 0 Å². The lowest BCUT2D eigenvalue weighted by atomic mass is 10.1. The topological polar surface area (TPSA) is 84.5 Å². The van der Waals surface area contributed by atoms with E-state index >= 15 is 0 Å². The molecule has 1 aliphatic heterocycles. The molecule has 8 heteroatoms. The van der Waals surface area contributed by atoms with Gasteiger partial charge in [-0.1, -0.05) is 34.1 Å². The number of hydrogen-bond acceptors (Lipinski definition) is 6. The second-order valence-electron chi connectivity index (χ2n) is 6.22. The van der Waals surface area contributed by atoms with Crippen LogP contribution in [-0.2, 0) is 14.3 Å². The van der Waals surface area contributed by atoms with Gasteiger partial charge in [0.15, 0.2) is 6.61 Å². The highest BCUT2D eigenvalue weighted by Gasteiger charge is 2.16. The maximum atomic E-state index is 11.9. The first kappa shape index (κ1) is 21.6. The van der Waals surface area contributed by atoms with E-state index in [0.717, 1.165) is 19.3 Å². The van der Waals surface area contributed by atoms with Crippen LogP contribution >= 0.6 is 21.6 Å². The summed E-state index contributed by atoms with van der Waals surface area (Å²) in [5, 5.41) is 6.05. The van der Waals surface area contributed by atoms with Gasteiger partial charge in [0.1, 0.15) is 0 Å². The van der Waals surface area contributed by atoms with Gasteiger partial charge in [0.05, 0.1) is 0 Å². The maximum Gasteiger partial charge on any atom is 0.306 e. The molecule has 1 atom stereocenters. The van der Waals surface area contributed by atoms with E-state index in [0.29, 0.717) is 29.5 Å². The number of anilines is 1. The molecule has 0 radical (unpaired) electrons. The lowest BCUT2D eigenvalue weighted by Gasteiger charge is -2.09. The van der Waals surface area contributed by atoms with Crippen molar-refractivity contribution in [3.05, 3.63) is 29.8 Å². The minimum absolute atomic E-state index is 0.199. The fourth-order valence-corrected chi connectivity index (χ4v) is 5.65. The SMILES string of the molecule is CCNC(=O)c1cccc(NC(=O)COC(=O)CCCC[C@@H]2CCSS2)c1. The summed E-state index contributed by atoms with van der Waals surface area (Å²) in [6.45, 7) is 2.05. The van der Waals surface area contributed by atoms with E-state index in [4.69, 9.17) is 4.74 Å². The van der Waals surface area contributed by atoms with Gasteiger partial charge in [-0.05, 0) is 44.4 Å². The number of ether oxygens (including phenoxy) is 1. The number of benzene rings is 1. The summed E-state index contributed by atoms with van der Waals surface area (Å²) >= 11 is 0. The van der Waals surface area contributed by atoms with Crippen molar-refractivity contribution in [2.75, 3.05) is 24.2 Å². The van der Waals surface area contributed by atoms with Gasteiger partial charge < -0.3 is 15.4 Å². The summed E-state index contributed by atoms with van der Waals surface area (Å²) in [6, 6.07) is 6.63. The molecule has 1 fully saturated rings. The zero-order chi connectivity index (χ0) is 19.5. The van der Waals surface area contributed by atoms with Crippen LogP contribution in [0.3, 0.4) is 0 Å². The molecule has 2 rings (SSSR count). The molecule has 6 nitrogen and oxygen atoms in total. The third-order valence-corrected chi connectivity index (χ3v) is 7.00. The second-order valence-corrected chi connectivity index (χ2v) is 9.01. The van der Waals surface area contributed by atoms with Gasteiger partial charge in [-0.25, -0.2) is 0 Å². The number of amides is 2. The van der Waals surface area contributed by atoms with Crippen molar-refractivity contribution in [3.8, 4) is 0 Å². The van der Waals surface area contributed by atoms with Crippen molar-refractivity contribution in [2.45, 2.75) is 44.3 Å². The Morgan fingerprint density at radius 3 is 2.85 bits per heavy atom. The van der Waals surface area contributed by atoms with E-state index in [1.54, 1.807) is 24.3 Å². The molecule has 148 valence electrons. The Bertz CT molecular complexity index is 648. The number of rotatable bonds is 10. The highest BCUT2D eigenvalue weighted by Crippen LogP contribution is 2.39. The molecule has 0 spiro atoms. The standard InChI is InChI=1S/C19H26N2O4S2/c1-2-20-19(24)14-6-5-7-15(12-14)21-17(22)13-25-18(23)9-4-3-8-16-10-11-26-27-16/h5-7,12,16H,2-4,8-11,13H2,1H3,(H,20,24)(H,21,22)/t16-/m1/s1. The quantitative estimate of drug-likeness (QED) is 0.348. The first-order chi connectivity index (χ1) is 13.1. The summed E-state index contributed by atoms with van der Waals surface area (Å²) in [7, 11) is 3.87. The fourth-order valence-electron chi connectivity index (χ4n) is 2.62. The predicted octanol–water partition coefficient (Wildman–Crippen LogP) is 3.63. The van der Waals surface area contributed by atoms with E-state index < -0.39 is 5.91 Å². The van der Waals surface area contributed by atoms with Gasteiger partial charge in [-0.2, -0.15) is 0 Å². The highest BCUT2D eigenvalue weighted by atomic mass is 33.1. The van der Waals surface area contributed by atoms with E-state index in [1.807, 2.05) is 28.5 Å². The Kier molecular flexibility index (Phi) is 9.55. The predicted molar refractivity (Wildman–Crippen MR) is 111 cm³/mol. The molecule has 0 aromatic heterocycles. The van der Waals surface area contributed by atoms with E-state index in [-0.39, 0.29) is 18.5 Å².